The summed E-state index contributed by atoms with van der Waals surface area (Å²) in [4.78, 5) is 0. The van der Waals surface area contributed by atoms with Gasteiger partial charge in [0.1, 0.15) is 0 Å². The molecule has 1 saturated carbocycles. The van der Waals surface area contributed by atoms with Gasteiger partial charge in [-0.25, -0.2) is 0 Å². The van der Waals surface area contributed by atoms with Crippen LogP contribution < -0.4 is 24.8 Å². The van der Waals surface area contributed by atoms with E-state index in [0.29, 0.717) is 9.54 Å². The van der Waals surface area contributed by atoms with Gasteiger partial charge in [-0.3, -0.25) is 0 Å². The van der Waals surface area contributed by atoms with E-state index in [1.54, 1.807) is 14.4 Å². The number of halogens is 2. The Labute approximate surface area is 217 Å². The molecule has 0 bridgehead atoms. The van der Waals surface area contributed by atoms with Crippen molar-refractivity contribution in [3.63, 3.8) is 0 Å². The monoisotopic (exact) mass is 552 g/mol. The summed E-state index contributed by atoms with van der Waals surface area (Å²) in [5, 5.41) is 0. The van der Waals surface area contributed by atoms with Crippen molar-refractivity contribution in [2.24, 2.45) is 5.92 Å². The fraction of sp³-hybridized carbons (Fsp3) is 0.276. The summed E-state index contributed by atoms with van der Waals surface area (Å²) < 4.78 is 9.86. The molecule has 6 rings (SSSR count). The molecule has 0 radical (unpaired) electrons. The Morgan fingerprint density at radius 2 is 1.45 bits per heavy atom. The summed E-state index contributed by atoms with van der Waals surface area (Å²) in [6.45, 7) is 2.43. The first kappa shape index (κ1) is 24.7. The van der Waals surface area contributed by atoms with Gasteiger partial charge in [-0.2, -0.15) is 0 Å². The zero-order chi connectivity index (χ0) is 20.8. The quantitative estimate of drug-likeness (QED) is 0.481. The topological polar surface area (TPSA) is 13.1 Å². The number of rotatable bonds is 3. The van der Waals surface area contributed by atoms with Gasteiger partial charge in [-0.05, 0) is 0 Å². The van der Waals surface area contributed by atoms with Gasteiger partial charge < -0.3 is 24.8 Å². The number of allylic oxidation sites excluding steroid dienone is 4. The Hall–Kier alpha value is -1.47. The van der Waals surface area contributed by atoms with Crippen molar-refractivity contribution >= 4 is 8.78 Å². The van der Waals surface area contributed by atoms with Crippen LogP contribution in [0.2, 0.25) is 0 Å². The third kappa shape index (κ3) is 4.24. The Balaban J connectivity index is 0.00000130. The van der Waals surface area contributed by atoms with Crippen molar-refractivity contribution in [3.8, 4) is 11.1 Å². The van der Waals surface area contributed by atoms with Crippen LogP contribution >= 0.6 is 0 Å². The standard InChI is InChI=1S/C13H9.C10H9O.C6H10.2ClH.Zr/c1-3-7-12-10(5-1)9-11-6-2-4-8-13(11)12;1-8-2-3-9(6-8)10-4-5-11-7-10;1-2-4-6-5-3-1;;;/h1-9H;2-5,7-8H,1H3;1-5H2;2*1H;/q;;;;;+2/p-2. The molecule has 1 aromatic heterocycles. The summed E-state index contributed by atoms with van der Waals surface area (Å²) >= 11 is -2.26. The molecule has 3 aliphatic carbocycles. The molecule has 1 unspecified atom stereocenters. The number of furan rings is 1. The van der Waals surface area contributed by atoms with Crippen molar-refractivity contribution in [3.05, 3.63) is 99.2 Å². The summed E-state index contributed by atoms with van der Waals surface area (Å²) in [6, 6.07) is 20.6. The van der Waals surface area contributed by atoms with Gasteiger partial charge in [0.2, 0.25) is 0 Å². The van der Waals surface area contributed by atoms with Gasteiger partial charge in [-0.15, -0.1) is 0 Å². The van der Waals surface area contributed by atoms with E-state index in [2.05, 4.69) is 73.7 Å². The summed E-state index contributed by atoms with van der Waals surface area (Å²) in [5.74, 6) is 0.536. The Morgan fingerprint density at radius 3 is 2.06 bits per heavy atom. The van der Waals surface area contributed by atoms with Crippen molar-refractivity contribution in [2.45, 2.75) is 42.7 Å². The Bertz CT molecular complexity index is 1180. The van der Waals surface area contributed by atoms with Gasteiger partial charge in [0.05, 0.1) is 0 Å². The van der Waals surface area contributed by atoms with Crippen molar-refractivity contribution in [2.75, 3.05) is 0 Å². The largest absolute Gasteiger partial charge is 1.00 e. The molecule has 3 aliphatic rings. The molecule has 2 aromatic carbocycles. The molecule has 1 heterocycles. The van der Waals surface area contributed by atoms with E-state index in [-0.39, 0.29) is 24.8 Å². The molecule has 0 amide bonds. The van der Waals surface area contributed by atoms with E-state index in [9.17, 15) is 0 Å². The summed E-state index contributed by atoms with van der Waals surface area (Å²) in [6.07, 6.45) is 15.5. The minimum Gasteiger partial charge on any atom is -1.00 e. The van der Waals surface area contributed by atoms with Gasteiger partial charge in [0.15, 0.2) is 0 Å². The summed E-state index contributed by atoms with van der Waals surface area (Å²) in [7, 11) is 0. The van der Waals surface area contributed by atoms with E-state index in [1.165, 1.54) is 54.4 Å². The van der Waals surface area contributed by atoms with Crippen molar-refractivity contribution < 1.29 is 50.5 Å². The SMILES string of the molecule is CC1C=CC(c2ccoc2)=[C]1[Zr+2](=[C]1CCCCC1)[CH]1c2ccccc2-c2ccccc21.[Cl-].[Cl-]. The van der Waals surface area contributed by atoms with E-state index in [0.717, 1.165) is 0 Å². The van der Waals surface area contributed by atoms with Crippen LogP contribution in [0.1, 0.15) is 59.3 Å². The van der Waals surface area contributed by atoms with Gasteiger partial charge in [0, 0.05) is 0 Å². The van der Waals surface area contributed by atoms with E-state index in [4.69, 9.17) is 4.42 Å². The fourth-order valence-corrected chi connectivity index (χ4v) is 16.4. The van der Waals surface area contributed by atoms with Crippen LogP contribution in [0.15, 0.2) is 87.0 Å². The summed E-state index contributed by atoms with van der Waals surface area (Å²) in [5.41, 5.74) is 8.87. The molecule has 168 valence electrons. The smallest absolute Gasteiger partial charge is 1.00 e. The molecule has 3 aromatic rings. The average Bonchev–Trinajstić information content (AvgIpc) is 3.55. The van der Waals surface area contributed by atoms with Gasteiger partial charge in [0.25, 0.3) is 0 Å². The second kappa shape index (κ2) is 10.4. The Morgan fingerprint density at radius 1 is 0.818 bits per heavy atom. The van der Waals surface area contributed by atoms with Crippen LogP contribution in [0.4, 0.5) is 0 Å². The molecule has 4 heteroatoms. The molecule has 1 fully saturated rings. The molecule has 0 spiro atoms. The number of fused-ring (bicyclic) bond motifs is 3. The predicted molar refractivity (Wildman–Crippen MR) is 126 cm³/mol. The molecule has 33 heavy (non-hydrogen) atoms. The molecular formula is C29H28Cl2OZr. The van der Waals surface area contributed by atoms with Crippen LogP contribution in [0.5, 0.6) is 0 Å². The zero-order valence-electron chi connectivity index (χ0n) is 18.9. The van der Waals surface area contributed by atoms with Crippen LogP contribution in [-0.2, 0) is 21.3 Å². The maximum absolute atomic E-state index is 5.52. The third-order valence-corrected chi connectivity index (χ3v) is 16.6. The average molecular weight is 555 g/mol. The van der Waals surface area contributed by atoms with E-state index < -0.39 is 21.3 Å². The zero-order valence-corrected chi connectivity index (χ0v) is 22.8. The van der Waals surface area contributed by atoms with Crippen LogP contribution in [-0.4, -0.2) is 3.21 Å². The second-order valence-corrected chi connectivity index (χ2v) is 15.7. The van der Waals surface area contributed by atoms with E-state index in [1.807, 2.05) is 15.7 Å². The number of benzene rings is 2. The van der Waals surface area contributed by atoms with Crippen LogP contribution in [0.25, 0.3) is 16.7 Å². The first-order valence-electron chi connectivity index (χ1n) is 11.7. The van der Waals surface area contributed by atoms with Crippen molar-refractivity contribution in [1.82, 2.24) is 0 Å². The van der Waals surface area contributed by atoms with E-state index >= 15 is 0 Å². The molecule has 1 atom stereocenters. The maximum atomic E-state index is 5.52. The first-order valence-corrected chi connectivity index (χ1v) is 15.6. The van der Waals surface area contributed by atoms with Gasteiger partial charge >= 0.3 is 193 Å². The van der Waals surface area contributed by atoms with Gasteiger partial charge in [-0.1, -0.05) is 0 Å². The Kier molecular flexibility index (Phi) is 7.79. The predicted octanol–water partition coefficient (Wildman–Crippen LogP) is 1.73. The maximum Gasteiger partial charge on any atom is -1.00 e. The molecular weight excluding hydrogens is 526 g/mol. The molecule has 0 aliphatic heterocycles. The van der Waals surface area contributed by atoms with Crippen molar-refractivity contribution in [1.29, 1.82) is 0 Å². The molecule has 1 nitrogen and oxygen atoms in total. The number of hydrogen-bond donors (Lipinski definition) is 0. The normalized spacial score (nSPS) is 18.8. The van der Waals surface area contributed by atoms with Crippen LogP contribution in [0.3, 0.4) is 0 Å². The second-order valence-electron chi connectivity index (χ2n) is 9.17. The van der Waals surface area contributed by atoms with Crippen LogP contribution in [0, 0.1) is 5.92 Å². The molecule has 0 saturated heterocycles. The minimum atomic E-state index is -2.26. The molecule has 0 N–H and O–H groups in total. The fourth-order valence-electron chi connectivity index (χ4n) is 6.00. The number of hydrogen-bond acceptors (Lipinski definition) is 1. The minimum absolute atomic E-state index is 0. The first-order chi connectivity index (χ1) is 15.3. The third-order valence-electron chi connectivity index (χ3n) is 7.38.